The van der Waals surface area contributed by atoms with Gasteiger partial charge in [0, 0.05) is 0 Å². The lowest BCUT2D eigenvalue weighted by molar-refractivity contribution is -0.141. The first kappa shape index (κ1) is 11.6. The maximum Gasteiger partial charge on any atom is 0.319 e. The molecule has 9 heavy (non-hydrogen) atoms. The van der Waals surface area contributed by atoms with Gasteiger partial charge in [-0.05, 0) is 14.0 Å². The number of esters is 1. The van der Waals surface area contributed by atoms with Gasteiger partial charge in [-0.15, -0.1) is 0 Å². The largest absolute Gasteiger partial charge is 0.465 e. The molecule has 0 heterocycles. The molecule has 0 fully saturated rings. The molecule has 0 aromatic rings. The Balaban J connectivity index is 0. The maximum atomic E-state index is 10.4. The summed E-state index contributed by atoms with van der Waals surface area (Å²) in [4.78, 5) is 10.4. The topological polar surface area (TPSA) is 38.3 Å². The van der Waals surface area contributed by atoms with Crippen LogP contribution >= 0.6 is 13.5 Å². The monoisotopic (exact) mass is 151 g/mol. The summed E-state index contributed by atoms with van der Waals surface area (Å²) >= 11 is 0. The summed E-state index contributed by atoms with van der Waals surface area (Å²) in [6.45, 7) is 2.54. The molecule has 0 aromatic heterocycles. The molecule has 1 N–H and O–H groups in total. The summed E-state index contributed by atoms with van der Waals surface area (Å²) < 4.78 is 4.58. The summed E-state index contributed by atoms with van der Waals surface area (Å²) in [6.07, 6.45) is 0. The van der Waals surface area contributed by atoms with E-state index in [9.17, 15) is 4.79 Å². The molecule has 3 nitrogen and oxygen atoms in total. The van der Waals surface area contributed by atoms with Crippen LogP contribution in [0.5, 0.6) is 0 Å². The van der Waals surface area contributed by atoms with Gasteiger partial charge in [-0.25, -0.2) is 0 Å². The normalized spacial score (nSPS) is 7.78. The number of hydrogen-bond donors (Lipinski definition) is 1. The van der Waals surface area contributed by atoms with Gasteiger partial charge in [0.1, 0.15) is 0 Å². The predicted octanol–water partition coefficient (Wildman–Crippen LogP) is -0.118. The van der Waals surface area contributed by atoms with Crippen molar-refractivity contribution in [3.05, 3.63) is 0 Å². The van der Waals surface area contributed by atoms with Crippen LogP contribution in [0.3, 0.4) is 0 Å². The van der Waals surface area contributed by atoms with Gasteiger partial charge in [-0.3, -0.25) is 4.79 Å². The second kappa shape index (κ2) is 7.78. The number of ether oxygens (including phenoxy) is 1. The van der Waals surface area contributed by atoms with Gasteiger partial charge >= 0.3 is 5.97 Å². The highest BCUT2D eigenvalue weighted by Crippen LogP contribution is 1.72. The van der Waals surface area contributed by atoms with E-state index in [0.29, 0.717) is 13.2 Å². The molecule has 4 heteroatoms. The fraction of sp³-hybridized carbons (Fsp3) is 0.800. The van der Waals surface area contributed by atoms with Crippen LogP contribution in [0.2, 0.25) is 0 Å². The van der Waals surface area contributed by atoms with Crippen LogP contribution in [0.15, 0.2) is 0 Å². The molecule has 0 aliphatic carbocycles. The van der Waals surface area contributed by atoms with E-state index in [-0.39, 0.29) is 19.5 Å². The van der Waals surface area contributed by atoms with Crippen molar-refractivity contribution in [1.82, 2.24) is 5.32 Å². The molecule has 0 bridgehead atoms. The molecule has 0 unspecified atom stereocenters. The molecule has 0 saturated heterocycles. The van der Waals surface area contributed by atoms with Crippen molar-refractivity contribution < 1.29 is 9.53 Å². The number of hydrogen-bond acceptors (Lipinski definition) is 3. The third kappa shape index (κ3) is 7.78. The maximum absolute atomic E-state index is 10.4. The van der Waals surface area contributed by atoms with Gasteiger partial charge in [-0.2, -0.15) is 13.5 Å². The Hall–Kier alpha value is -0.220. The minimum absolute atomic E-state index is 0. The van der Waals surface area contributed by atoms with Crippen molar-refractivity contribution in [2.75, 3.05) is 20.2 Å². The summed E-state index contributed by atoms with van der Waals surface area (Å²) in [5, 5.41) is 2.68. The van der Waals surface area contributed by atoms with E-state index in [1.807, 2.05) is 0 Å². The Morgan fingerprint density at radius 2 is 2.22 bits per heavy atom. The second-order valence-corrected chi connectivity index (χ2v) is 1.34. The zero-order valence-corrected chi connectivity index (χ0v) is 6.73. The van der Waals surface area contributed by atoms with Gasteiger partial charge in [-0.1, -0.05) is 0 Å². The van der Waals surface area contributed by atoms with E-state index in [2.05, 4.69) is 10.1 Å². The van der Waals surface area contributed by atoms with E-state index < -0.39 is 0 Å². The van der Waals surface area contributed by atoms with E-state index in [1.165, 1.54) is 0 Å². The summed E-state index contributed by atoms with van der Waals surface area (Å²) in [7, 11) is 1.71. The molecule has 56 valence electrons. The number of rotatable bonds is 3. The summed E-state index contributed by atoms with van der Waals surface area (Å²) in [6, 6.07) is 0. The average molecular weight is 151 g/mol. The number of carbonyl (C=O) groups excluding carboxylic acids is 1. The van der Waals surface area contributed by atoms with Crippen molar-refractivity contribution >= 4 is 19.5 Å². The molecule has 0 radical (unpaired) electrons. The van der Waals surface area contributed by atoms with E-state index in [4.69, 9.17) is 0 Å². The Labute approximate surface area is 62.2 Å². The van der Waals surface area contributed by atoms with Gasteiger partial charge in [0.25, 0.3) is 0 Å². The van der Waals surface area contributed by atoms with E-state index in [1.54, 1.807) is 14.0 Å². The molecule has 0 aliphatic rings. The van der Waals surface area contributed by atoms with Crippen LogP contribution < -0.4 is 5.32 Å². The molecule has 0 atom stereocenters. The molecule has 0 saturated carbocycles. The highest BCUT2D eigenvalue weighted by atomic mass is 32.1. The van der Waals surface area contributed by atoms with Gasteiger partial charge in [0.2, 0.25) is 0 Å². The minimum Gasteiger partial charge on any atom is -0.465 e. The quantitative estimate of drug-likeness (QED) is 0.572. The lowest BCUT2D eigenvalue weighted by Crippen LogP contribution is -2.20. The molecular formula is C5H13NO2S. The van der Waals surface area contributed by atoms with Crippen LogP contribution in [0.1, 0.15) is 6.92 Å². The first-order chi connectivity index (χ1) is 3.81. The second-order valence-electron chi connectivity index (χ2n) is 1.34. The first-order valence-corrected chi connectivity index (χ1v) is 2.61. The van der Waals surface area contributed by atoms with Crippen LogP contribution in [-0.4, -0.2) is 26.2 Å². The van der Waals surface area contributed by atoms with Crippen molar-refractivity contribution in [1.29, 1.82) is 0 Å². The number of likely N-dealkylation sites (N-methyl/N-ethyl adjacent to an activating group) is 1. The standard InChI is InChI=1S/C5H11NO2.H2S/c1-3-8-5(7)4-6-2;/h6H,3-4H2,1-2H3;1H2. The van der Waals surface area contributed by atoms with Gasteiger partial charge in [0.05, 0.1) is 13.2 Å². The third-order valence-corrected chi connectivity index (χ3v) is 0.626. The minimum atomic E-state index is -0.199. The Morgan fingerprint density at radius 1 is 1.67 bits per heavy atom. The van der Waals surface area contributed by atoms with E-state index >= 15 is 0 Å². The average Bonchev–Trinajstić information content (AvgIpc) is 1.68. The zero-order valence-electron chi connectivity index (χ0n) is 5.73. The molecular weight excluding hydrogens is 138 g/mol. The number of carbonyl (C=O) groups is 1. The fourth-order valence-electron chi connectivity index (χ4n) is 0.356. The molecule has 0 amide bonds. The van der Waals surface area contributed by atoms with E-state index in [0.717, 1.165) is 0 Å². The Kier molecular flexibility index (Phi) is 9.99. The fourth-order valence-corrected chi connectivity index (χ4v) is 0.356. The molecule has 0 rings (SSSR count). The molecule has 0 aliphatic heterocycles. The van der Waals surface area contributed by atoms with Gasteiger partial charge < -0.3 is 10.1 Å². The summed E-state index contributed by atoms with van der Waals surface area (Å²) in [5.41, 5.74) is 0. The van der Waals surface area contributed by atoms with Crippen LogP contribution in [0.25, 0.3) is 0 Å². The highest BCUT2D eigenvalue weighted by molar-refractivity contribution is 7.59. The lowest BCUT2D eigenvalue weighted by atomic mass is 10.6. The van der Waals surface area contributed by atoms with Crippen molar-refractivity contribution in [2.24, 2.45) is 0 Å². The Morgan fingerprint density at radius 3 is 2.56 bits per heavy atom. The van der Waals surface area contributed by atoms with Crippen molar-refractivity contribution in [2.45, 2.75) is 6.92 Å². The molecule has 0 spiro atoms. The first-order valence-electron chi connectivity index (χ1n) is 2.61. The van der Waals surface area contributed by atoms with Crippen LogP contribution in [0, 0.1) is 0 Å². The van der Waals surface area contributed by atoms with Crippen molar-refractivity contribution in [3.8, 4) is 0 Å². The van der Waals surface area contributed by atoms with Gasteiger partial charge in [0.15, 0.2) is 0 Å². The predicted molar refractivity (Wildman–Crippen MR) is 40.9 cm³/mol. The van der Waals surface area contributed by atoms with Crippen LogP contribution in [0.4, 0.5) is 0 Å². The SMILES string of the molecule is CCOC(=O)CNC.S. The lowest BCUT2D eigenvalue weighted by Gasteiger charge is -1.97. The third-order valence-electron chi connectivity index (χ3n) is 0.626. The van der Waals surface area contributed by atoms with Crippen LogP contribution in [-0.2, 0) is 9.53 Å². The summed E-state index contributed by atoms with van der Waals surface area (Å²) in [5.74, 6) is -0.199. The zero-order chi connectivity index (χ0) is 6.41. The Bertz CT molecular complexity index is 69.4. The molecule has 0 aromatic carbocycles. The van der Waals surface area contributed by atoms with Crippen molar-refractivity contribution in [3.63, 3.8) is 0 Å². The smallest absolute Gasteiger partial charge is 0.319 e. The number of nitrogens with one attached hydrogen (secondary N) is 1. The highest BCUT2D eigenvalue weighted by Gasteiger charge is 1.94.